The van der Waals surface area contributed by atoms with Gasteiger partial charge in [-0.2, -0.15) is 0 Å². The van der Waals surface area contributed by atoms with Gasteiger partial charge in [0.15, 0.2) is 5.78 Å². The van der Waals surface area contributed by atoms with Crippen molar-refractivity contribution in [3.05, 3.63) is 67.1 Å². The van der Waals surface area contributed by atoms with Crippen LogP contribution in [0.15, 0.2) is 61.4 Å². The fourth-order valence-electron chi connectivity index (χ4n) is 3.86. The van der Waals surface area contributed by atoms with Gasteiger partial charge < -0.3 is 14.2 Å². The van der Waals surface area contributed by atoms with E-state index in [0.29, 0.717) is 0 Å². The Morgan fingerprint density at radius 2 is 1.87 bits per heavy atom. The second-order valence-electron chi connectivity index (χ2n) is 7.45. The lowest BCUT2D eigenvalue weighted by Gasteiger charge is -2.29. The standard InChI is InChI=1S/C23H22N6O2/c30-19(13-18-2-1-17(14-27-18)21-15-24-6-7-25-21)16-29-8-4-20-22(3-5-26-23(20)29)28-9-11-31-12-10-28/h1-8,14-15H,9-13,16H2. The topological polar surface area (TPSA) is 86.0 Å². The highest BCUT2D eigenvalue weighted by atomic mass is 16.5. The molecule has 0 amide bonds. The molecule has 1 saturated heterocycles. The zero-order valence-corrected chi connectivity index (χ0v) is 17.0. The van der Waals surface area contributed by atoms with Gasteiger partial charge in [0.1, 0.15) is 5.65 Å². The van der Waals surface area contributed by atoms with Gasteiger partial charge in [-0.25, -0.2) is 4.98 Å². The molecule has 5 rings (SSSR count). The zero-order chi connectivity index (χ0) is 21.0. The first-order valence-corrected chi connectivity index (χ1v) is 10.3. The fraction of sp³-hybridized carbons (Fsp3) is 0.261. The Kier molecular flexibility index (Phi) is 5.37. The third-order valence-corrected chi connectivity index (χ3v) is 5.40. The summed E-state index contributed by atoms with van der Waals surface area (Å²) >= 11 is 0. The first-order valence-electron chi connectivity index (χ1n) is 10.3. The number of rotatable bonds is 6. The molecular formula is C23H22N6O2. The molecule has 8 nitrogen and oxygen atoms in total. The number of ketones is 1. The molecule has 4 aromatic rings. The molecule has 0 saturated carbocycles. The van der Waals surface area contributed by atoms with Crippen LogP contribution in [0.5, 0.6) is 0 Å². The third-order valence-electron chi connectivity index (χ3n) is 5.40. The highest BCUT2D eigenvalue weighted by Gasteiger charge is 2.17. The molecule has 0 aromatic carbocycles. The monoisotopic (exact) mass is 414 g/mol. The maximum absolute atomic E-state index is 12.7. The molecule has 156 valence electrons. The molecular weight excluding hydrogens is 392 g/mol. The van der Waals surface area contributed by atoms with Crippen LogP contribution in [-0.2, 0) is 22.5 Å². The molecule has 0 spiro atoms. The van der Waals surface area contributed by atoms with Crippen molar-refractivity contribution in [1.29, 1.82) is 0 Å². The number of fused-ring (bicyclic) bond motifs is 1. The van der Waals surface area contributed by atoms with Crippen LogP contribution >= 0.6 is 0 Å². The normalized spacial score (nSPS) is 14.1. The Labute approximate surface area is 179 Å². The van der Waals surface area contributed by atoms with E-state index in [1.54, 1.807) is 31.0 Å². The highest BCUT2D eigenvalue weighted by molar-refractivity contribution is 5.91. The van der Waals surface area contributed by atoms with Gasteiger partial charge in [0, 0.05) is 66.4 Å². The number of carbonyl (C=O) groups is 1. The predicted molar refractivity (Wildman–Crippen MR) is 117 cm³/mol. The highest BCUT2D eigenvalue weighted by Crippen LogP contribution is 2.27. The van der Waals surface area contributed by atoms with Gasteiger partial charge in [-0.05, 0) is 24.3 Å². The van der Waals surface area contributed by atoms with Crippen molar-refractivity contribution in [3.63, 3.8) is 0 Å². The Bertz CT molecular complexity index is 1180. The lowest BCUT2D eigenvalue weighted by Crippen LogP contribution is -2.36. The van der Waals surface area contributed by atoms with Crippen LogP contribution in [0.4, 0.5) is 5.69 Å². The minimum Gasteiger partial charge on any atom is -0.378 e. The first-order chi connectivity index (χ1) is 15.3. The van der Waals surface area contributed by atoms with E-state index in [9.17, 15) is 4.79 Å². The maximum atomic E-state index is 12.7. The molecule has 1 aliphatic heterocycles. The van der Waals surface area contributed by atoms with E-state index in [1.807, 2.05) is 35.0 Å². The molecule has 31 heavy (non-hydrogen) atoms. The molecule has 0 aliphatic carbocycles. The second-order valence-corrected chi connectivity index (χ2v) is 7.45. The van der Waals surface area contributed by atoms with Gasteiger partial charge >= 0.3 is 0 Å². The Hall–Kier alpha value is -3.65. The van der Waals surface area contributed by atoms with Crippen molar-refractivity contribution < 1.29 is 9.53 Å². The van der Waals surface area contributed by atoms with Gasteiger partial charge in [0.05, 0.1) is 38.1 Å². The molecule has 0 atom stereocenters. The summed E-state index contributed by atoms with van der Waals surface area (Å²) < 4.78 is 7.37. The number of morpholine rings is 1. The quantitative estimate of drug-likeness (QED) is 0.479. The summed E-state index contributed by atoms with van der Waals surface area (Å²) in [5.74, 6) is 0.0795. The number of hydrogen-bond donors (Lipinski definition) is 0. The van der Waals surface area contributed by atoms with E-state index < -0.39 is 0 Å². The van der Waals surface area contributed by atoms with E-state index in [4.69, 9.17) is 4.74 Å². The predicted octanol–water partition coefficient (Wildman–Crippen LogP) is 2.54. The van der Waals surface area contributed by atoms with Gasteiger partial charge in [-0.15, -0.1) is 0 Å². The van der Waals surface area contributed by atoms with Crippen LogP contribution in [-0.4, -0.2) is 56.6 Å². The van der Waals surface area contributed by atoms with Crippen molar-refractivity contribution >= 4 is 22.5 Å². The van der Waals surface area contributed by atoms with Gasteiger partial charge in [0.25, 0.3) is 0 Å². The van der Waals surface area contributed by atoms with Crippen molar-refractivity contribution in [3.8, 4) is 11.3 Å². The van der Waals surface area contributed by atoms with Crippen LogP contribution in [0.1, 0.15) is 5.69 Å². The molecule has 0 unspecified atom stereocenters. The second kappa shape index (κ2) is 8.61. The van der Waals surface area contributed by atoms with E-state index in [2.05, 4.69) is 24.8 Å². The summed E-state index contributed by atoms with van der Waals surface area (Å²) in [5.41, 5.74) is 4.33. The van der Waals surface area contributed by atoms with E-state index in [1.165, 1.54) is 0 Å². The van der Waals surface area contributed by atoms with Crippen LogP contribution < -0.4 is 4.90 Å². The van der Waals surface area contributed by atoms with Crippen LogP contribution in [0.2, 0.25) is 0 Å². The minimum absolute atomic E-state index is 0.0795. The fourth-order valence-corrected chi connectivity index (χ4v) is 3.86. The van der Waals surface area contributed by atoms with E-state index >= 15 is 0 Å². The molecule has 0 radical (unpaired) electrons. The van der Waals surface area contributed by atoms with Crippen LogP contribution in [0.25, 0.3) is 22.3 Å². The molecule has 5 heterocycles. The number of Topliss-reactive ketones (excluding diaryl/α,β-unsaturated/α-hetero) is 1. The number of hydrogen-bond acceptors (Lipinski definition) is 7. The molecule has 1 fully saturated rings. The molecule has 1 aliphatic rings. The molecule has 4 aromatic heterocycles. The Morgan fingerprint density at radius 1 is 0.968 bits per heavy atom. The van der Waals surface area contributed by atoms with Gasteiger partial charge in [-0.3, -0.25) is 19.7 Å². The average Bonchev–Trinajstić information content (AvgIpc) is 3.23. The summed E-state index contributed by atoms with van der Waals surface area (Å²) in [6.07, 6.45) is 10.7. The summed E-state index contributed by atoms with van der Waals surface area (Å²) in [7, 11) is 0. The van der Waals surface area contributed by atoms with Crippen molar-refractivity contribution in [2.75, 3.05) is 31.2 Å². The Morgan fingerprint density at radius 3 is 2.65 bits per heavy atom. The zero-order valence-electron chi connectivity index (χ0n) is 17.0. The summed E-state index contributed by atoms with van der Waals surface area (Å²) in [6, 6.07) is 7.85. The SMILES string of the molecule is O=C(Cc1ccc(-c2cnccn2)cn1)Cn1ccc2c(N3CCOCC3)ccnc21. The Balaban J connectivity index is 1.29. The van der Waals surface area contributed by atoms with Crippen molar-refractivity contribution in [2.24, 2.45) is 0 Å². The molecule has 0 N–H and O–H groups in total. The molecule has 0 bridgehead atoms. The maximum Gasteiger partial charge on any atom is 0.158 e. The smallest absolute Gasteiger partial charge is 0.158 e. The average molecular weight is 414 g/mol. The summed E-state index contributed by atoms with van der Waals surface area (Å²) in [5, 5.41) is 1.06. The summed E-state index contributed by atoms with van der Waals surface area (Å²) in [6.45, 7) is 3.44. The lowest BCUT2D eigenvalue weighted by molar-refractivity contribution is -0.119. The van der Waals surface area contributed by atoms with Gasteiger partial charge in [-0.1, -0.05) is 0 Å². The number of anilines is 1. The van der Waals surface area contributed by atoms with E-state index in [0.717, 1.165) is 60.0 Å². The van der Waals surface area contributed by atoms with Crippen molar-refractivity contribution in [2.45, 2.75) is 13.0 Å². The number of nitrogens with zero attached hydrogens (tertiary/aromatic N) is 6. The number of carbonyl (C=O) groups excluding carboxylic acids is 1. The number of ether oxygens (including phenoxy) is 1. The number of pyridine rings is 2. The largest absolute Gasteiger partial charge is 0.378 e. The van der Waals surface area contributed by atoms with Crippen molar-refractivity contribution in [1.82, 2.24) is 24.5 Å². The number of aromatic nitrogens is 5. The minimum atomic E-state index is 0.0795. The van der Waals surface area contributed by atoms with E-state index in [-0.39, 0.29) is 18.7 Å². The van der Waals surface area contributed by atoms with Crippen LogP contribution in [0, 0.1) is 0 Å². The molecule has 8 heteroatoms. The van der Waals surface area contributed by atoms with Gasteiger partial charge in [0.2, 0.25) is 0 Å². The summed E-state index contributed by atoms with van der Waals surface area (Å²) in [4.78, 5) is 32.3. The first kappa shape index (κ1) is 19.3. The third kappa shape index (κ3) is 4.15. The lowest BCUT2D eigenvalue weighted by atomic mass is 10.1. The van der Waals surface area contributed by atoms with Crippen LogP contribution in [0.3, 0.4) is 0 Å².